The van der Waals surface area contributed by atoms with Crippen molar-refractivity contribution in [2.75, 3.05) is 6.79 Å². The molecule has 230 valence electrons. The Balaban J connectivity index is 1.37. The summed E-state index contributed by atoms with van der Waals surface area (Å²) >= 11 is 0. The van der Waals surface area contributed by atoms with Crippen molar-refractivity contribution >= 4 is 23.0 Å². The third-order valence-corrected chi connectivity index (χ3v) is 6.55. The van der Waals surface area contributed by atoms with Crippen molar-refractivity contribution in [1.29, 1.82) is 0 Å². The van der Waals surface area contributed by atoms with Crippen molar-refractivity contribution in [2.45, 2.75) is 30.9 Å². The van der Waals surface area contributed by atoms with Gasteiger partial charge in [-0.25, -0.2) is 4.79 Å². The van der Waals surface area contributed by atoms with Gasteiger partial charge < -0.3 is 59.1 Å². The van der Waals surface area contributed by atoms with Crippen LogP contribution in [0.1, 0.15) is 5.56 Å². The molecule has 1 aliphatic rings. The molecule has 1 saturated heterocycles. The summed E-state index contributed by atoms with van der Waals surface area (Å²) in [5, 5.41) is 70.4. The van der Waals surface area contributed by atoms with Crippen LogP contribution in [-0.2, 0) is 19.0 Å². The number of rotatable bonds is 8. The van der Waals surface area contributed by atoms with E-state index in [2.05, 4.69) is 0 Å². The fourth-order valence-corrected chi connectivity index (χ4v) is 4.30. The molecule has 0 aliphatic carbocycles. The maximum absolute atomic E-state index is 13.5. The van der Waals surface area contributed by atoms with Gasteiger partial charge in [0.15, 0.2) is 18.8 Å². The van der Waals surface area contributed by atoms with Gasteiger partial charge in [-0.2, -0.15) is 0 Å². The molecule has 0 saturated carbocycles. The number of hydrogen-bond donors (Lipinski definition) is 7. The van der Waals surface area contributed by atoms with Gasteiger partial charge in [-0.3, -0.25) is 4.79 Å². The van der Waals surface area contributed by atoms with Gasteiger partial charge in [-0.15, -0.1) is 0 Å². The molecule has 1 aliphatic heterocycles. The summed E-state index contributed by atoms with van der Waals surface area (Å²) in [6.45, 7) is -0.760. The quantitative estimate of drug-likeness (QED) is 0.0856. The number of benzene rings is 3. The summed E-state index contributed by atoms with van der Waals surface area (Å²) in [5.74, 6) is -2.78. The van der Waals surface area contributed by atoms with Crippen LogP contribution >= 0.6 is 0 Å². The van der Waals surface area contributed by atoms with Gasteiger partial charge in [-0.1, -0.05) is 12.1 Å². The Labute approximate surface area is 247 Å². The summed E-state index contributed by atoms with van der Waals surface area (Å²) < 4.78 is 27.1. The average molecular weight is 611 g/mol. The lowest BCUT2D eigenvalue weighted by atomic mass is 10.0. The lowest BCUT2D eigenvalue weighted by molar-refractivity contribution is -0.342. The Bertz CT molecular complexity index is 1730. The number of phenols is 4. The SMILES string of the molecule is O=C(C=Cc1ccc(O)cc1)OCOC1OC(Oc2c(-c3ccc(O)cc3)oc3cc(O)cc(O)c3c2=O)C(O)C(O)C1O. The van der Waals surface area contributed by atoms with E-state index in [1.54, 1.807) is 12.1 Å². The monoisotopic (exact) mass is 610 g/mol. The molecule has 0 radical (unpaired) electrons. The highest BCUT2D eigenvalue weighted by Crippen LogP contribution is 2.37. The number of aliphatic hydroxyl groups excluding tert-OH is 3. The fourth-order valence-electron chi connectivity index (χ4n) is 4.30. The number of phenolic OH excluding ortho intramolecular Hbond substituents is 4. The predicted octanol–water partition coefficient (Wildman–Crippen LogP) is 1.66. The first-order valence-electron chi connectivity index (χ1n) is 13.0. The number of carbonyl (C=O) groups is 1. The van der Waals surface area contributed by atoms with Crippen LogP contribution in [0, 0.1) is 0 Å². The van der Waals surface area contributed by atoms with E-state index in [1.807, 2.05) is 0 Å². The van der Waals surface area contributed by atoms with Crippen LogP contribution in [0.4, 0.5) is 0 Å². The smallest absolute Gasteiger partial charge is 0.332 e. The van der Waals surface area contributed by atoms with Gasteiger partial charge >= 0.3 is 5.97 Å². The Hall–Kier alpha value is -5.12. The molecule has 7 N–H and O–H groups in total. The zero-order valence-corrected chi connectivity index (χ0v) is 22.5. The van der Waals surface area contributed by atoms with Crippen molar-refractivity contribution in [1.82, 2.24) is 0 Å². The fraction of sp³-hybridized carbons (Fsp3) is 0.200. The van der Waals surface area contributed by atoms with Gasteiger partial charge in [0.1, 0.15) is 52.3 Å². The third kappa shape index (κ3) is 6.44. The standard InChI is InChI=1S/C30H26O14/c31-16-6-1-14(2-7-16)3-10-21(35)40-13-41-29-25(38)24(37)26(39)30(44-29)43-28-23(36)22-19(34)11-18(33)12-20(22)42-27(28)15-4-8-17(32)9-5-15/h1-12,24-26,29-34,37-39H,13H2. The Morgan fingerprint density at radius 1 is 0.818 bits per heavy atom. The third-order valence-electron chi connectivity index (χ3n) is 6.55. The second kappa shape index (κ2) is 12.6. The number of aromatic hydroxyl groups is 4. The lowest BCUT2D eigenvalue weighted by Gasteiger charge is -2.39. The Morgan fingerprint density at radius 2 is 1.45 bits per heavy atom. The second-order valence-corrected chi connectivity index (χ2v) is 9.61. The highest BCUT2D eigenvalue weighted by atomic mass is 16.8. The topological polar surface area (TPSA) is 226 Å². The molecule has 5 atom stereocenters. The highest BCUT2D eigenvalue weighted by molar-refractivity contribution is 5.88. The minimum atomic E-state index is -1.93. The molecule has 2 heterocycles. The maximum atomic E-state index is 13.5. The zero-order chi connectivity index (χ0) is 31.5. The number of fused-ring (bicyclic) bond motifs is 1. The molecule has 1 fully saturated rings. The summed E-state index contributed by atoms with van der Waals surface area (Å²) in [5.41, 5.74) is -0.370. The summed E-state index contributed by atoms with van der Waals surface area (Å²) in [6, 6.07) is 13.3. The van der Waals surface area contributed by atoms with E-state index in [9.17, 15) is 45.3 Å². The molecule has 1 aromatic heterocycles. The van der Waals surface area contributed by atoms with Crippen LogP contribution in [0.5, 0.6) is 28.7 Å². The van der Waals surface area contributed by atoms with E-state index in [0.717, 1.165) is 18.2 Å². The van der Waals surface area contributed by atoms with E-state index in [-0.39, 0.29) is 33.8 Å². The lowest BCUT2D eigenvalue weighted by Crippen LogP contribution is -2.60. The summed E-state index contributed by atoms with van der Waals surface area (Å²) in [4.78, 5) is 25.6. The molecule has 14 nitrogen and oxygen atoms in total. The van der Waals surface area contributed by atoms with Gasteiger partial charge in [0, 0.05) is 23.8 Å². The average Bonchev–Trinajstić information content (AvgIpc) is 2.99. The number of ether oxygens (including phenoxy) is 4. The molecule has 3 aromatic carbocycles. The number of esters is 1. The van der Waals surface area contributed by atoms with Crippen LogP contribution in [0.15, 0.2) is 76.0 Å². The minimum absolute atomic E-state index is 0.0512. The van der Waals surface area contributed by atoms with Crippen molar-refractivity contribution < 1.29 is 63.9 Å². The molecule has 5 rings (SSSR count). The highest BCUT2D eigenvalue weighted by Gasteiger charge is 2.46. The van der Waals surface area contributed by atoms with Gasteiger partial charge in [0.25, 0.3) is 0 Å². The molecule has 44 heavy (non-hydrogen) atoms. The van der Waals surface area contributed by atoms with Crippen molar-refractivity contribution in [3.8, 4) is 40.1 Å². The van der Waals surface area contributed by atoms with Gasteiger partial charge in [-0.05, 0) is 48.0 Å². The molecular weight excluding hydrogens is 584 g/mol. The largest absolute Gasteiger partial charge is 0.508 e. The van der Waals surface area contributed by atoms with Crippen molar-refractivity contribution in [2.24, 2.45) is 0 Å². The molecule has 0 amide bonds. The van der Waals surface area contributed by atoms with Crippen LogP contribution in [0.2, 0.25) is 0 Å². The Kier molecular flexibility index (Phi) is 8.71. The summed E-state index contributed by atoms with van der Waals surface area (Å²) in [7, 11) is 0. The van der Waals surface area contributed by atoms with Crippen LogP contribution in [0.3, 0.4) is 0 Å². The number of aliphatic hydroxyl groups is 3. The maximum Gasteiger partial charge on any atom is 0.332 e. The molecule has 0 spiro atoms. The van der Waals surface area contributed by atoms with Crippen molar-refractivity contribution in [3.63, 3.8) is 0 Å². The number of carbonyl (C=O) groups excluding carboxylic acids is 1. The van der Waals surface area contributed by atoms with Gasteiger partial charge in [0.05, 0.1) is 0 Å². The zero-order valence-electron chi connectivity index (χ0n) is 22.5. The van der Waals surface area contributed by atoms with E-state index in [1.165, 1.54) is 42.5 Å². The normalized spacial score (nSPS) is 21.8. The summed E-state index contributed by atoms with van der Waals surface area (Å²) in [6.07, 6.45) is -6.78. The minimum Gasteiger partial charge on any atom is -0.508 e. The van der Waals surface area contributed by atoms with Crippen molar-refractivity contribution in [3.05, 3.63) is 82.5 Å². The van der Waals surface area contributed by atoms with Crippen LogP contribution in [-0.4, -0.2) is 79.4 Å². The van der Waals surface area contributed by atoms with E-state index >= 15 is 0 Å². The molecular formula is C30H26O14. The molecule has 4 aromatic rings. The van der Waals surface area contributed by atoms with Gasteiger partial charge in [0.2, 0.25) is 17.5 Å². The molecule has 5 unspecified atom stereocenters. The van der Waals surface area contributed by atoms with E-state index in [0.29, 0.717) is 5.56 Å². The first kappa shape index (κ1) is 30.3. The first-order chi connectivity index (χ1) is 21.0. The number of hydrogen-bond acceptors (Lipinski definition) is 14. The second-order valence-electron chi connectivity index (χ2n) is 9.61. The first-order valence-corrected chi connectivity index (χ1v) is 13.0. The molecule has 0 bridgehead atoms. The predicted molar refractivity (Wildman–Crippen MR) is 149 cm³/mol. The van der Waals surface area contributed by atoms with Crippen LogP contribution in [0.25, 0.3) is 28.4 Å². The van der Waals surface area contributed by atoms with E-state index in [4.69, 9.17) is 23.4 Å². The van der Waals surface area contributed by atoms with Crippen LogP contribution < -0.4 is 10.2 Å². The Morgan fingerprint density at radius 3 is 2.14 bits per heavy atom. The van der Waals surface area contributed by atoms with E-state index < -0.39 is 66.3 Å². The molecule has 14 heteroatoms.